The Bertz CT molecular complexity index is 580. The van der Waals surface area contributed by atoms with Crippen LogP contribution in [0.1, 0.15) is 6.42 Å². The van der Waals surface area contributed by atoms with E-state index in [0.29, 0.717) is 18.7 Å². The fourth-order valence-corrected chi connectivity index (χ4v) is 2.30. The van der Waals surface area contributed by atoms with E-state index in [2.05, 4.69) is 10.6 Å². The van der Waals surface area contributed by atoms with Gasteiger partial charge in [-0.3, -0.25) is 9.59 Å². The molecule has 0 aromatic heterocycles. The van der Waals surface area contributed by atoms with Gasteiger partial charge in [0.05, 0.1) is 16.9 Å². The summed E-state index contributed by atoms with van der Waals surface area (Å²) in [5.74, 6) is -1.49. The topological polar surface area (TPSA) is 61.4 Å². The highest BCUT2D eigenvalue weighted by atomic mass is 35.5. The minimum atomic E-state index is -0.538. The highest BCUT2D eigenvalue weighted by molar-refractivity contribution is 6.31. The number of carbonyl (C=O) groups is 2. The van der Waals surface area contributed by atoms with Crippen LogP contribution in [0.3, 0.4) is 0 Å². The van der Waals surface area contributed by atoms with E-state index in [1.807, 2.05) is 19.0 Å². The van der Waals surface area contributed by atoms with E-state index >= 15 is 0 Å². The summed E-state index contributed by atoms with van der Waals surface area (Å²) in [5.41, 5.74) is 0.426. The van der Waals surface area contributed by atoms with Crippen LogP contribution < -0.4 is 10.6 Å². The van der Waals surface area contributed by atoms with Crippen molar-refractivity contribution >= 4 is 29.1 Å². The molecule has 5 nitrogen and oxygen atoms in total. The van der Waals surface area contributed by atoms with Gasteiger partial charge in [0.2, 0.25) is 11.8 Å². The molecule has 22 heavy (non-hydrogen) atoms. The largest absolute Gasteiger partial charge is 0.355 e. The summed E-state index contributed by atoms with van der Waals surface area (Å²) in [6.45, 7) is 1.31. The third-order valence-corrected chi connectivity index (χ3v) is 3.80. The Hall–Kier alpha value is -1.66. The quantitative estimate of drug-likeness (QED) is 0.836. The summed E-state index contributed by atoms with van der Waals surface area (Å²) < 4.78 is 13.0. The van der Waals surface area contributed by atoms with Crippen molar-refractivity contribution in [1.82, 2.24) is 10.2 Å². The van der Waals surface area contributed by atoms with Crippen LogP contribution in [-0.4, -0.2) is 43.9 Å². The molecule has 1 aromatic rings. The molecule has 1 aliphatic rings. The summed E-state index contributed by atoms with van der Waals surface area (Å²) in [5, 5.41) is 5.41. The molecular formula is C15H19ClFN3O2. The van der Waals surface area contributed by atoms with Crippen LogP contribution in [0.15, 0.2) is 18.2 Å². The number of carbonyl (C=O) groups excluding carboxylic acids is 2. The van der Waals surface area contributed by atoms with Crippen molar-refractivity contribution in [2.75, 3.05) is 32.5 Å². The fourth-order valence-electron chi connectivity index (χ4n) is 2.12. The fraction of sp³-hybridized carbons (Fsp3) is 0.467. The minimum absolute atomic E-state index is 0.0495. The summed E-state index contributed by atoms with van der Waals surface area (Å²) in [6.07, 6.45) is 0.536. The van der Waals surface area contributed by atoms with Crippen molar-refractivity contribution in [3.63, 3.8) is 0 Å². The van der Waals surface area contributed by atoms with Gasteiger partial charge in [-0.2, -0.15) is 0 Å². The van der Waals surface area contributed by atoms with Gasteiger partial charge in [0.1, 0.15) is 5.82 Å². The minimum Gasteiger partial charge on any atom is -0.355 e. The van der Waals surface area contributed by atoms with Crippen molar-refractivity contribution < 1.29 is 14.0 Å². The van der Waals surface area contributed by atoms with Gasteiger partial charge >= 0.3 is 0 Å². The summed E-state index contributed by atoms with van der Waals surface area (Å²) >= 11 is 5.66. The van der Waals surface area contributed by atoms with Gasteiger partial charge in [0.15, 0.2) is 0 Å². The lowest BCUT2D eigenvalue weighted by Crippen LogP contribution is -2.33. The molecule has 1 aromatic carbocycles. The molecule has 2 atom stereocenters. The highest BCUT2D eigenvalue weighted by Gasteiger charge is 2.47. The number of halogens is 2. The predicted octanol–water partition coefficient (Wildman–Crippen LogP) is 1.73. The first-order chi connectivity index (χ1) is 10.4. The molecule has 0 spiro atoms. The Morgan fingerprint density at radius 1 is 1.32 bits per heavy atom. The van der Waals surface area contributed by atoms with Gasteiger partial charge in [-0.25, -0.2) is 4.39 Å². The molecule has 2 N–H and O–H groups in total. The van der Waals surface area contributed by atoms with E-state index in [1.165, 1.54) is 18.2 Å². The second kappa shape index (κ2) is 7.07. The van der Waals surface area contributed by atoms with Crippen molar-refractivity contribution in [1.29, 1.82) is 0 Å². The van der Waals surface area contributed by atoms with Gasteiger partial charge in [-0.15, -0.1) is 0 Å². The monoisotopic (exact) mass is 327 g/mol. The number of hydrogen-bond donors (Lipinski definition) is 2. The maximum Gasteiger partial charge on any atom is 0.228 e. The maximum absolute atomic E-state index is 13.0. The number of rotatable bonds is 6. The van der Waals surface area contributed by atoms with E-state index in [9.17, 15) is 14.0 Å². The molecule has 1 aliphatic carbocycles. The maximum atomic E-state index is 13.0. The average Bonchev–Trinajstić information content (AvgIpc) is 3.23. The van der Waals surface area contributed by atoms with Crippen LogP contribution in [-0.2, 0) is 9.59 Å². The lowest BCUT2D eigenvalue weighted by Gasteiger charge is -2.10. The highest BCUT2D eigenvalue weighted by Crippen LogP contribution is 2.39. The number of benzene rings is 1. The molecule has 120 valence electrons. The molecular weight excluding hydrogens is 309 g/mol. The number of hydrogen-bond acceptors (Lipinski definition) is 3. The van der Waals surface area contributed by atoms with Crippen LogP contribution in [0, 0.1) is 17.7 Å². The zero-order valence-electron chi connectivity index (χ0n) is 12.5. The first kappa shape index (κ1) is 16.7. The lowest BCUT2D eigenvalue weighted by molar-refractivity contribution is -0.125. The molecule has 2 rings (SSSR count). The molecule has 2 amide bonds. The van der Waals surface area contributed by atoms with Gasteiger partial charge in [0.25, 0.3) is 0 Å². The van der Waals surface area contributed by atoms with Gasteiger partial charge in [0, 0.05) is 18.8 Å². The molecule has 2 unspecified atom stereocenters. The zero-order chi connectivity index (χ0) is 16.3. The zero-order valence-corrected chi connectivity index (χ0v) is 13.3. The Morgan fingerprint density at radius 2 is 2.00 bits per heavy atom. The predicted molar refractivity (Wildman–Crippen MR) is 83.2 cm³/mol. The number of likely N-dealkylation sites (N-methyl/N-ethyl adjacent to an activating group) is 1. The van der Waals surface area contributed by atoms with Crippen molar-refractivity contribution in [2.45, 2.75) is 6.42 Å². The molecule has 0 saturated heterocycles. The van der Waals surface area contributed by atoms with Crippen molar-refractivity contribution in [2.24, 2.45) is 11.8 Å². The normalized spacial score (nSPS) is 19.9. The van der Waals surface area contributed by atoms with E-state index in [-0.39, 0.29) is 28.7 Å². The van der Waals surface area contributed by atoms with E-state index in [1.54, 1.807) is 0 Å². The van der Waals surface area contributed by atoms with Crippen LogP contribution in [0.25, 0.3) is 0 Å². The first-order valence-corrected chi connectivity index (χ1v) is 7.44. The number of anilines is 1. The Morgan fingerprint density at radius 3 is 2.64 bits per heavy atom. The summed E-state index contributed by atoms with van der Waals surface area (Å²) in [6, 6.07) is 3.98. The summed E-state index contributed by atoms with van der Waals surface area (Å²) in [7, 11) is 3.85. The number of nitrogens with zero attached hydrogens (tertiary/aromatic N) is 1. The van der Waals surface area contributed by atoms with E-state index in [4.69, 9.17) is 11.6 Å². The number of amides is 2. The SMILES string of the molecule is CN(C)CCNC(=O)C1CC1C(=O)Nc1ccc(F)c(Cl)c1. The standard InChI is InChI=1S/C15H19ClFN3O2/c1-20(2)6-5-18-14(21)10-8-11(10)15(22)19-9-3-4-13(17)12(16)7-9/h3-4,7,10-11H,5-6,8H2,1-2H3,(H,18,21)(H,19,22). The van der Waals surface area contributed by atoms with E-state index in [0.717, 1.165) is 6.54 Å². The Kier molecular flexibility index (Phi) is 5.37. The molecule has 0 bridgehead atoms. The van der Waals surface area contributed by atoms with Crippen LogP contribution in [0.5, 0.6) is 0 Å². The van der Waals surface area contributed by atoms with Gasteiger partial charge in [-0.05, 0) is 38.7 Å². The smallest absolute Gasteiger partial charge is 0.228 e. The molecule has 0 heterocycles. The molecule has 0 radical (unpaired) electrons. The second-order valence-corrected chi connectivity index (χ2v) is 6.07. The molecule has 0 aliphatic heterocycles. The van der Waals surface area contributed by atoms with Crippen LogP contribution in [0.4, 0.5) is 10.1 Å². The second-order valence-electron chi connectivity index (χ2n) is 5.66. The third-order valence-electron chi connectivity index (χ3n) is 3.51. The van der Waals surface area contributed by atoms with Crippen molar-refractivity contribution in [3.05, 3.63) is 29.0 Å². The summed E-state index contributed by atoms with van der Waals surface area (Å²) in [4.78, 5) is 25.9. The average molecular weight is 328 g/mol. The van der Waals surface area contributed by atoms with Crippen LogP contribution >= 0.6 is 11.6 Å². The van der Waals surface area contributed by atoms with Crippen LogP contribution in [0.2, 0.25) is 5.02 Å². The molecule has 1 fully saturated rings. The van der Waals surface area contributed by atoms with Gasteiger partial charge < -0.3 is 15.5 Å². The third kappa shape index (κ3) is 4.42. The lowest BCUT2D eigenvalue weighted by atomic mass is 10.2. The molecule has 1 saturated carbocycles. The van der Waals surface area contributed by atoms with E-state index < -0.39 is 5.82 Å². The first-order valence-electron chi connectivity index (χ1n) is 7.07. The molecule has 7 heteroatoms. The van der Waals surface area contributed by atoms with Crippen molar-refractivity contribution in [3.8, 4) is 0 Å². The van der Waals surface area contributed by atoms with Gasteiger partial charge in [-0.1, -0.05) is 11.6 Å². The Labute approximate surface area is 133 Å². The number of nitrogens with one attached hydrogen (secondary N) is 2. The Balaban J connectivity index is 1.80.